The van der Waals surface area contributed by atoms with Crippen molar-refractivity contribution in [2.75, 3.05) is 12.4 Å². The number of anilines is 1. The van der Waals surface area contributed by atoms with Crippen LogP contribution in [0.25, 0.3) is 0 Å². The summed E-state index contributed by atoms with van der Waals surface area (Å²) < 4.78 is 17.9. The number of rotatable bonds is 4. The molecule has 98 valence electrons. The molecule has 1 N–H and O–H groups in total. The fraction of sp³-hybridized carbons (Fsp3) is 0.143. The molecule has 1 heterocycles. The van der Waals surface area contributed by atoms with Crippen LogP contribution in [-0.4, -0.2) is 18.1 Å². The van der Waals surface area contributed by atoms with E-state index in [9.17, 15) is 9.18 Å². The first-order valence-electron chi connectivity index (χ1n) is 5.72. The third kappa shape index (κ3) is 3.28. The summed E-state index contributed by atoms with van der Waals surface area (Å²) in [5, 5.41) is 2.98. The number of nitrogens with zero attached hydrogens (tertiary/aromatic N) is 1. The fourth-order valence-corrected chi connectivity index (χ4v) is 1.64. The van der Waals surface area contributed by atoms with Gasteiger partial charge in [0.25, 0.3) is 0 Å². The minimum absolute atomic E-state index is 0.292. The van der Waals surface area contributed by atoms with Crippen LogP contribution in [0.2, 0.25) is 0 Å². The topological polar surface area (TPSA) is 51.2 Å². The number of carbonyl (C=O) groups is 1. The minimum Gasteiger partial charge on any atom is -0.465 e. The van der Waals surface area contributed by atoms with Gasteiger partial charge in [-0.2, -0.15) is 0 Å². The number of aromatic nitrogens is 1. The molecular formula is C14H13FN2O2. The van der Waals surface area contributed by atoms with E-state index in [1.54, 1.807) is 6.20 Å². The molecule has 0 saturated heterocycles. The first-order valence-corrected chi connectivity index (χ1v) is 5.72. The Kier molecular flexibility index (Phi) is 4.07. The average molecular weight is 260 g/mol. The third-order valence-electron chi connectivity index (χ3n) is 2.57. The van der Waals surface area contributed by atoms with Gasteiger partial charge in [-0.3, -0.25) is 4.98 Å². The second-order valence-electron chi connectivity index (χ2n) is 3.86. The largest absolute Gasteiger partial charge is 0.465 e. The van der Waals surface area contributed by atoms with Crippen LogP contribution in [0, 0.1) is 5.82 Å². The van der Waals surface area contributed by atoms with Crippen LogP contribution in [0.4, 0.5) is 10.1 Å². The summed E-state index contributed by atoms with van der Waals surface area (Å²) in [5.74, 6) is -0.931. The van der Waals surface area contributed by atoms with Gasteiger partial charge in [0.05, 0.1) is 30.6 Å². The number of carbonyl (C=O) groups excluding carboxylic acids is 1. The molecule has 2 aromatic rings. The van der Waals surface area contributed by atoms with Gasteiger partial charge >= 0.3 is 5.97 Å². The summed E-state index contributed by atoms with van der Waals surface area (Å²) in [6, 6.07) is 9.38. The summed E-state index contributed by atoms with van der Waals surface area (Å²) in [5.41, 5.74) is 1.47. The Bertz CT molecular complexity index is 573. The van der Waals surface area contributed by atoms with Crippen LogP contribution in [-0.2, 0) is 11.3 Å². The summed E-state index contributed by atoms with van der Waals surface area (Å²) in [6.45, 7) is 0.397. The van der Waals surface area contributed by atoms with Crippen molar-refractivity contribution < 1.29 is 13.9 Å². The molecule has 0 aliphatic heterocycles. The van der Waals surface area contributed by atoms with Gasteiger partial charge in [0, 0.05) is 6.20 Å². The zero-order valence-corrected chi connectivity index (χ0v) is 10.4. The second kappa shape index (κ2) is 5.95. The van der Waals surface area contributed by atoms with Crippen molar-refractivity contribution in [1.29, 1.82) is 0 Å². The molecule has 0 atom stereocenters. The number of nitrogens with one attached hydrogen (secondary N) is 1. The van der Waals surface area contributed by atoms with Crippen molar-refractivity contribution in [2.24, 2.45) is 0 Å². The van der Waals surface area contributed by atoms with E-state index >= 15 is 0 Å². The second-order valence-corrected chi connectivity index (χ2v) is 3.86. The van der Waals surface area contributed by atoms with Gasteiger partial charge in [0.1, 0.15) is 5.82 Å². The Morgan fingerprint density at radius 3 is 2.89 bits per heavy atom. The van der Waals surface area contributed by atoms with Crippen LogP contribution in [0.15, 0.2) is 42.6 Å². The molecule has 0 fully saturated rings. The molecule has 0 aliphatic carbocycles. The van der Waals surface area contributed by atoms with Crippen LogP contribution < -0.4 is 5.32 Å². The van der Waals surface area contributed by atoms with Gasteiger partial charge in [-0.1, -0.05) is 6.07 Å². The van der Waals surface area contributed by atoms with Crippen LogP contribution >= 0.6 is 0 Å². The normalized spacial score (nSPS) is 10.0. The van der Waals surface area contributed by atoms with Gasteiger partial charge in [0.15, 0.2) is 0 Å². The van der Waals surface area contributed by atoms with E-state index in [-0.39, 0.29) is 0 Å². The monoisotopic (exact) mass is 260 g/mol. The third-order valence-corrected chi connectivity index (χ3v) is 2.57. The predicted octanol–water partition coefficient (Wildman–Crippen LogP) is 2.62. The average Bonchev–Trinajstić information content (AvgIpc) is 2.45. The molecule has 0 bridgehead atoms. The van der Waals surface area contributed by atoms with E-state index in [0.717, 1.165) is 5.69 Å². The summed E-state index contributed by atoms with van der Waals surface area (Å²) in [4.78, 5) is 15.7. The van der Waals surface area contributed by atoms with E-state index in [1.165, 1.54) is 25.3 Å². The van der Waals surface area contributed by atoms with E-state index in [0.29, 0.717) is 17.8 Å². The van der Waals surface area contributed by atoms with Crippen LogP contribution in [0.3, 0.4) is 0 Å². The minimum atomic E-state index is -0.511. The molecule has 0 aliphatic rings. The Morgan fingerprint density at radius 1 is 1.37 bits per heavy atom. The lowest BCUT2D eigenvalue weighted by Crippen LogP contribution is -2.09. The lowest BCUT2D eigenvalue weighted by Gasteiger charge is -2.10. The molecule has 19 heavy (non-hydrogen) atoms. The van der Waals surface area contributed by atoms with Gasteiger partial charge in [-0.05, 0) is 30.3 Å². The summed E-state index contributed by atoms with van der Waals surface area (Å²) in [7, 11) is 1.29. The highest BCUT2D eigenvalue weighted by Crippen LogP contribution is 2.18. The Morgan fingerprint density at radius 2 is 2.21 bits per heavy atom. The van der Waals surface area contributed by atoms with Crippen molar-refractivity contribution in [2.45, 2.75) is 6.54 Å². The van der Waals surface area contributed by atoms with Crippen molar-refractivity contribution in [1.82, 2.24) is 4.98 Å². The molecule has 0 radical (unpaired) electrons. The summed E-state index contributed by atoms with van der Waals surface area (Å²) in [6.07, 6.45) is 1.67. The van der Waals surface area contributed by atoms with Crippen molar-refractivity contribution in [3.8, 4) is 0 Å². The Hall–Kier alpha value is -2.43. The predicted molar refractivity (Wildman–Crippen MR) is 69.3 cm³/mol. The molecule has 4 nitrogen and oxygen atoms in total. The molecular weight excluding hydrogens is 247 g/mol. The zero-order chi connectivity index (χ0) is 13.7. The van der Waals surface area contributed by atoms with E-state index in [1.807, 2.05) is 18.2 Å². The SMILES string of the molecule is COC(=O)c1ccc(F)cc1NCc1ccccn1. The smallest absolute Gasteiger partial charge is 0.339 e. The zero-order valence-electron chi connectivity index (χ0n) is 10.4. The number of ether oxygens (including phenoxy) is 1. The van der Waals surface area contributed by atoms with E-state index in [2.05, 4.69) is 15.0 Å². The molecule has 0 spiro atoms. The van der Waals surface area contributed by atoms with Crippen molar-refractivity contribution in [3.63, 3.8) is 0 Å². The number of halogens is 1. The molecule has 2 rings (SSSR count). The maximum Gasteiger partial charge on any atom is 0.339 e. The first-order chi connectivity index (χ1) is 9.20. The van der Waals surface area contributed by atoms with Gasteiger partial charge in [-0.15, -0.1) is 0 Å². The number of esters is 1. The first kappa shape index (κ1) is 13.0. The molecule has 1 aromatic carbocycles. The van der Waals surface area contributed by atoms with Crippen molar-refractivity contribution >= 4 is 11.7 Å². The maximum absolute atomic E-state index is 13.2. The van der Waals surface area contributed by atoms with E-state index < -0.39 is 11.8 Å². The molecule has 5 heteroatoms. The van der Waals surface area contributed by atoms with Crippen LogP contribution in [0.1, 0.15) is 16.1 Å². The highest BCUT2D eigenvalue weighted by atomic mass is 19.1. The standard InChI is InChI=1S/C14H13FN2O2/c1-19-14(18)12-6-5-10(15)8-13(12)17-9-11-4-2-3-7-16-11/h2-8,17H,9H2,1H3. The molecule has 1 aromatic heterocycles. The highest BCUT2D eigenvalue weighted by Gasteiger charge is 2.12. The van der Waals surface area contributed by atoms with Crippen LogP contribution in [0.5, 0.6) is 0 Å². The quantitative estimate of drug-likeness (QED) is 0.858. The highest BCUT2D eigenvalue weighted by molar-refractivity contribution is 5.95. The number of benzene rings is 1. The number of pyridine rings is 1. The Labute approximate surface area is 110 Å². The van der Waals surface area contributed by atoms with E-state index in [4.69, 9.17) is 0 Å². The van der Waals surface area contributed by atoms with Gasteiger partial charge < -0.3 is 10.1 Å². The lowest BCUT2D eigenvalue weighted by atomic mass is 10.1. The number of hydrogen-bond donors (Lipinski definition) is 1. The fourth-order valence-electron chi connectivity index (χ4n) is 1.64. The molecule has 0 unspecified atom stereocenters. The number of hydrogen-bond acceptors (Lipinski definition) is 4. The Balaban J connectivity index is 2.19. The van der Waals surface area contributed by atoms with Gasteiger partial charge in [0.2, 0.25) is 0 Å². The number of methoxy groups -OCH3 is 1. The molecule has 0 saturated carbocycles. The van der Waals surface area contributed by atoms with Crippen molar-refractivity contribution in [3.05, 3.63) is 59.7 Å². The summed E-state index contributed by atoms with van der Waals surface area (Å²) >= 11 is 0. The molecule has 0 amide bonds. The lowest BCUT2D eigenvalue weighted by molar-refractivity contribution is 0.0602. The van der Waals surface area contributed by atoms with Gasteiger partial charge in [-0.25, -0.2) is 9.18 Å². The maximum atomic E-state index is 13.2.